The second kappa shape index (κ2) is 9.50. The predicted molar refractivity (Wildman–Crippen MR) is 119 cm³/mol. The van der Waals surface area contributed by atoms with Crippen molar-refractivity contribution in [3.8, 4) is 0 Å². The molecule has 0 saturated carbocycles. The molecule has 0 spiro atoms. The molecule has 10 heteroatoms. The maximum absolute atomic E-state index is 12.5. The average Bonchev–Trinajstić information content (AvgIpc) is 2.55. The fourth-order valence-corrected chi connectivity index (χ4v) is 3.13. The summed E-state index contributed by atoms with van der Waals surface area (Å²) >= 11 is 35.1. The lowest BCUT2D eigenvalue weighted by Gasteiger charge is -2.28. The molecule has 3 N–H and O–H groups in total. The first-order chi connectivity index (χ1) is 12.6. The van der Waals surface area contributed by atoms with Gasteiger partial charge < -0.3 is 16.0 Å². The van der Waals surface area contributed by atoms with Crippen molar-refractivity contribution < 1.29 is 4.79 Å². The first-order valence-electron chi connectivity index (χ1n) is 7.53. The fourth-order valence-electron chi connectivity index (χ4n) is 2.08. The van der Waals surface area contributed by atoms with Crippen molar-refractivity contribution in [1.29, 1.82) is 0 Å². The van der Waals surface area contributed by atoms with Gasteiger partial charge >= 0.3 is 0 Å². The number of benzene rings is 2. The molecule has 0 aliphatic carbocycles. The van der Waals surface area contributed by atoms with Crippen LogP contribution in [-0.4, -0.2) is 21.0 Å². The molecular formula is C17H14Cl5N3OS. The molecule has 0 aromatic heterocycles. The normalized spacial score (nSPS) is 12.2. The molecule has 0 aliphatic heterocycles. The molecule has 0 saturated heterocycles. The number of hydrogen-bond acceptors (Lipinski definition) is 2. The minimum atomic E-state index is -1.88. The number of thiocarbonyl (C=S) groups is 1. The van der Waals surface area contributed by atoms with Crippen molar-refractivity contribution in [2.45, 2.75) is 16.9 Å². The minimum Gasteiger partial charge on any atom is -0.339 e. The van der Waals surface area contributed by atoms with E-state index in [4.69, 9.17) is 70.2 Å². The van der Waals surface area contributed by atoms with Crippen LogP contribution >= 0.6 is 70.2 Å². The highest BCUT2D eigenvalue weighted by atomic mass is 35.6. The van der Waals surface area contributed by atoms with E-state index in [0.29, 0.717) is 5.02 Å². The molecule has 0 aliphatic rings. The van der Waals surface area contributed by atoms with E-state index in [1.165, 1.54) is 18.2 Å². The van der Waals surface area contributed by atoms with Gasteiger partial charge in [0.1, 0.15) is 6.17 Å². The van der Waals surface area contributed by atoms with Gasteiger partial charge in [0.05, 0.1) is 10.6 Å². The summed E-state index contributed by atoms with van der Waals surface area (Å²) < 4.78 is -1.88. The molecule has 2 aromatic rings. The number of amides is 1. The number of carbonyl (C=O) groups excluding carboxylic acids is 1. The van der Waals surface area contributed by atoms with Crippen molar-refractivity contribution in [3.05, 3.63) is 63.6 Å². The summed E-state index contributed by atoms with van der Waals surface area (Å²) in [7, 11) is 0. The van der Waals surface area contributed by atoms with E-state index in [2.05, 4.69) is 16.0 Å². The zero-order chi connectivity index (χ0) is 20.2. The number of nitrogens with one attached hydrogen (secondary N) is 3. The van der Waals surface area contributed by atoms with Gasteiger partial charge in [-0.2, -0.15) is 0 Å². The minimum absolute atomic E-state index is 0.170. The highest BCUT2D eigenvalue weighted by Gasteiger charge is 2.35. The molecule has 1 unspecified atom stereocenters. The summed E-state index contributed by atoms with van der Waals surface area (Å²) in [5.41, 5.74) is 1.94. The Balaban J connectivity index is 2.12. The maximum Gasteiger partial charge on any atom is 0.254 e. The van der Waals surface area contributed by atoms with E-state index in [9.17, 15) is 4.79 Å². The number of hydrogen-bond donors (Lipinski definition) is 3. The number of carbonyl (C=O) groups is 1. The van der Waals surface area contributed by atoms with E-state index < -0.39 is 15.9 Å². The van der Waals surface area contributed by atoms with Crippen LogP contribution in [0, 0.1) is 6.92 Å². The van der Waals surface area contributed by atoms with Crippen molar-refractivity contribution in [3.63, 3.8) is 0 Å². The molecule has 0 heterocycles. The van der Waals surface area contributed by atoms with Gasteiger partial charge in [-0.25, -0.2) is 0 Å². The number of anilines is 1. The summed E-state index contributed by atoms with van der Waals surface area (Å²) in [6.07, 6.45) is -1.12. The van der Waals surface area contributed by atoms with Crippen LogP contribution in [-0.2, 0) is 0 Å². The van der Waals surface area contributed by atoms with Gasteiger partial charge in [-0.3, -0.25) is 4.79 Å². The van der Waals surface area contributed by atoms with Gasteiger partial charge in [-0.05, 0) is 49.0 Å². The van der Waals surface area contributed by atoms with Gasteiger partial charge in [0.25, 0.3) is 5.91 Å². The number of aryl methyl sites for hydroxylation is 1. The van der Waals surface area contributed by atoms with E-state index in [1.54, 1.807) is 0 Å². The van der Waals surface area contributed by atoms with E-state index >= 15 is 0 Å². The van der Waals surface area contributed by atoms with Crippen LogP contribution in [0.5, 0.6) is 0 Å². The molecule has 4 nitrogen and oxygen atoms in total. The molecule has 1 amide bonds. The van der Waals surface area contributed by atoms with Gasteiger partial charge in [0.15, 0.2) is 5.11 Å². The smallest absolute Gasteiger partial charge is 0.254 e. The third kappa shape index (κ3) is 6.56. The van der Waals surface area contributed by atoms with E-state index in [1.807, 2.05) is 31.2 Å². The zero-order valence-electron chi connectivity index (χ0n) is 13.8. The SMILES string of the molecule is Cc1ccccc1NC(=S)NC(NC(=O)c1ccc(Cl)cc1Cl)C(Cl)(Cl)Cl. The summed E-state index contributed by atoms with van der Waals surface area (Å²) in [5, 5.41) is 9.08. The molecule has 0 fully saturated rings. The fraction of sp³-hybridized carbons (Fsp3) is 0.176. The molecule has 0 radical (unpaired) electrons. The maximum atomic E-state index is 12.5. The van der Waals surface area contributed by atoms with Crippen LogP contribution in [0.15, 0.2) is 42.5 Å². The van der Waals surface area contributed by atoms with Gasteiger partial charge in [0.2, 0.25) is 3.79 Å². The summed E-state index contributed by atoms with van der Waals surface area (Å²) in [4.78, 5) is 12.5. The molecular weight excluding hydrogens is 472 g/mol. The molecule has 144 valence electrons. The number of halogens is 5. The van der Waals surface area contributed by atoms with Crippen molar-refractivity contribution in [2.24, 2.45) is 0 Å². The monoisotopic (exact) mass is 483 g/mol. The molecule has 1 atom stereocenters. The lowest BCUT2D eigenvalue weighted by Crippen LogP contribution is -2.56. The van der Waals surface area contributed by atoms with E-state index in [0.717, 1.165) is 11.3 Å². The standard InChI is InChI=1S/C17H14Cl5N3OS/c1-9-4-2-3-5-13(9)23-16(27)25-15(17(20,21)22)24-14(26)11-7-6-10(18)8-12(11)19/h2-8,15H,1H3,(H,24,26)(H2,23,25,27). The predicted octanol–water partition coefficient (Wildman–Crippen LogP) is 5.71. The van der Waals surface area contributed by atoms with Crippen LogP contribution < -0.4 is 16.0 Å². The zero-order valence-corrected chi connectivity index (χ0v) is 18.4. The molecule has 0 bridgehead atoms. The van der Waals surface area contributed by atoms with Crippen molar-refractivity contribution >= 4 is 86.9 Å². The highest BCUT2D eigenvalue weighted by Crippen LogP contribution is 2.30. The Kier molecular flexibility index (Phi) is 7.86. The summed E-state index contributed by atoms with van der Waals surface area (Å²) in [6, 6.07) is 12.0. The number of rotatable bonds is 4. The van der Waals surface area contributed by atoms with Crippen LogP contribution in [0.25, 0.3) is 0 Å². The molecule has 2 rings (SSSR count). The third-order valence-electron chi connectivity index (χ3n) is 3.45. The van der Waals surface area contributed by atoms with Crippen molar-refractivity contribution in [1.82, 2.24) is 10.6 Å². The van der Waals surface area contributed by atoms with Gasteiger partial charge in [0, 0.05) is 10.7 Å². The van der Waals surface area contributed by atoms with Crippen LogP contribution in [0.4, 0.5) is 5.69 Å². The summed E-state index contributed by atoms with van der Waals surface area (Å²) in [5.74, 6) is -0.556. The first-order valence-corrected chi connectivity index (χ1v) is 9.83. The van der Waals surface area contributed by atoms with Crippen LogP contribution in [0.3, 0.4) is 0 Å². The Bertz CT molecular complexity index is 857. The third-order valence-corrected chi connectivity index (χ3v) is 4.87. The topological polar surface area (TPSA) is 53.2 Å². The Hall–Kier alpha value is -0.950. The summed E-state index contributed by atoms with van der Waals surface area (Å²) in [6.45, 7) is 1.92. The Labute approximate surface area is 187 Å². The van der Waals surface area contributed by atoms with Crippen LogP contribution in [0.2, 0.25) is 10.0 Å². The number of alkyl halides is 3. The van der Waals surface area contributed by atoms with Gasteiger partial charge in [-0.1, -0.05) is 76.2 Å². The second-order valence-electron chi connectivity index (χ2n) is 5.49. The van der Waals surface area contributed by atoms with Crippen LogP contribution in [0.1, 0.15) is 15.9 Å². The van der Waals surface area contributed by atoms with Crippen molar-refractivity contribution in [2.75, 3.05) is 5.32 Å². The van der Waals surface area contributed by atoms with Gasteiger partial charge in [-0.15, -0.1) is 0 Å². The Morgan fingerprint density at radius 1 is 1.07 bits per heavy atom. The average molecular weight is 486 g/mol. The lowest BCUT2D eigenvalue weighted by molar-refractivity contribution is 0.0934. The molecule has 2 aromatic carbocycles. The van der Waals surface area contributed by atoms with E-state index in [-0.39, 0.29) is 15.7 Å². The lowest BCUT2D eigenvalue weighted by atomic mass is 10.2. The first kappa shape index (κ1) is 22.3. The second-order valence-corrected chi connectivity index (χ2v) is 9.11. The quantitative estimate of drug-likeness (QED) is 0.295. The number of para-hydroxylation sites is 1. The molecule has 27 heavy (non-hydrogen) atoms. The Morgan fingerprint density at radius 3 is 2.33 bits per heavy atom. The highest BCUT2D eigenvalue weighted by molar-refractivity contribution is 7.80. The largest absolute Gasteiger partial charge is 0.339 e. The Morgan fingerprint density at radius 2 is 1.74 bits per heavy atom.